The fourth-order valence-electron chi connectivity index (χ4n) is 4.80. The summed E-state index contributed by atoms with van der Waals surface area (Å²) >= 11 is 5.69. The average Bonchev–Trinajstić information content (AvgIpc) is 3.60. The molecule has 0 amide bonds. The molecule has 0 saturated carbocycles. The van der Waals surface area contributed by atoms with Gasteiger partial charge in [-0.1, -0.05) is 116 Å². The lowest BCUT2D eigenvalue weighted by molar-refractivity contribution is 0.524. The van der Waals surface area contributed by atoms with E-state index in [1.54, 1.807) is 5.56 Å². The summed E-state index contributed by atoms with van der Waals surface area (Å²) in [7, 11) is 0. The summed E-state index contributed by atoms with van der Waals surface area (Å²) in [5.74, 6) is 0.643. The van der Waals surface area contributed by atoms with E-state index in [2.05, 4.69) is 54.3 Å². The number of hydrogen-bond acceptors (Lipinski definition) is 3. The Hall–Kier alpha value is -0.900. The van der Waals surface area contributed by atoms with Crippen LogP contribution in [0.15, 0.2) is 40.4 Å². The number of rotatable bonds is 18. The Morgan fingerprint density at radius 3 is 1.67 bits per heavy atom. The lowest BCUT2D eigenvalue weighted by Crippen LogP contribution is -1.94. The van der Waals surface area contributed by atoms with E-state index >= 15 is 0 Å². The highest BCUT2D eigenvalue weighted by Crippen LogP contribution is 2.46. The topological polar surface area (TPSA) is 0 Å². The van der Waals surface area contributed by atoms with Gasteiger partial charge in [-0.15, -0.1) is 34.0 Å². The third-order valence-electron chi connectivity index (χ3n) is 6.85. The van der Waals surface area contributed by atoms with Crippen molar-refractivity contribution >= 4 is 34.0 Å². The highest BCUT2D eigenvalue weighted by atomic mass is 32.1. The molecular formula is C30H44S3. The number of thiophene rings is 3. The zero-order valence-electron chi connectivity index (χ0n) is 21.0. The zero-order chi connectivity index (χ0) is 23.1. The molecule has 0 fully saturated rings. The molecule has 0 saturated heterocycles. The minimum Gasteiger partial charge on any atom is -0.144 e. The van der Waals surface area contributed by atoms with Gasteiger partial charge < -0.3 is 0 Å². The van der Waals surface area contributed by atoms with Crippen LogP contribution in [0.1, 0.15) is 122 Å². The Balaban J connectivity index is 1.31. The summed E-state index contributed by atoms with van der Waals surface area (Å²) < 4.78 is 0. The molecule has 3 aromatic heterocycles. The van der Waals surface area contributed by atoms with Crippen LogP contribution in [-0.4, -0.2) is 0 Å². The van der Waals surface area contributed by atoms with Crippen LogP contribution in [0.25, 0.3) is 20.2 Å². The molecule has 1 atom stereocenters. The maximum atomic E-state index is 2.44. The standard InChI is InChI=1S/C30H44S3/c1-3-4-5-6-7-8-9-10-11-12-13-14-15-16-19-25(2)26-24-33-30(28-21-18-23-32-28)29(26)27-20-17-22-31-27/h17-18,20-25H,3-16,19H2,1-2H3. The van der Waals surface area contributed by atoms with Crippen LogP contribution in [0.5, 0.6) is 0 Å². The lowest BCUT2D eigenvalue weighted by Gasteiger charge is -2.13. The van der Waals surface area contributed by atoms with Crippen molar-refractivity contribution in [1.29, 1.82) is 0 Å². The molecule has 0 N–H and O–H groups in total. The van der Waals surface area contributed by atoms with Gasteiger partial charge in [-0.2, -0.15) is 0 Å². The van der Waals surface area contributed by atoms with Gasteiger partial charge in [-0.3, -0.25) is 0 Å². The maximum absolute atomic E-state index is 2.44. The van der Waals surface area contributed by atoms with Crippen molar-refractivity contribution in [2.24, 2.45) is 0 Å². The molecule has 0 radical (unpaired) electrons. The second-order valence-electron chi connectivity index (χ2n) is 9.64. The lowest BCUT2D eigenvalue weighted by atomic mass is 9.92. The first-order valence-electron chi connectivity index (χ1n) is 13.5. The molecule has 3 heteroatoms. The summed E-state index contributed by atoms with van der Waals surface area (Å²) in [6, 6.07) is 8.94. The summed E-state index contributed by atoms with van der Waals surface area (Å²) in [4.78, 5) is 4.32. The molecule has 0 aliphatic carbocycles. The van der Waals surface area contributed by atoms with Gasteiger partial charge in [0, 0.05) is 15.3 Å². The van der Waals surface area contributed by atoms with Crippen LogP contribution in [0.4, 0.5) is 0 Å². The van der Waals surface area contributed by atoms with Crippen LogP contribution >= 0.6 is 34.0 Å². The van der Waals surface area contributed by atoms with Crippen LogP contribution in [0, 0.1) is 0 Å². The van der Waals surface area contributed by atoms with Crippen molar-refractivity contribution in [3.8, 4) is 20.2 Å². The monoisotopic (exact) mass is 500 g/mol. The highest BCUT2D eigenvalue weighted by molar-refractivity contribution is 7.21. The van der Waals surface area contributed by atoms with Crippen molar-refractivity contribution in [3.05, 3.63) is 46.0 Å². The van der Waals surface area contributed by atoms with Gasteiger partial charge in [0.15, 0.2) is 0 Å². The Morgan fingerprint density at radius 1 is 0.636 bits per heavy atom. The average molecular weight is 501 g/mol. The molecular weight excluding hydrogens is 457 g/mol. The van der Waals surface area contributed by atoms with E-state index in [0.717, 1.165) is 0 Å². The summed E-state index contributed by atoms with van der Waals surface area (Å²) in [5.41, 5.74) is 3.08. The molecule has 33 heavy (non-hydrogen) atoms. The predicted octanol–water partition coefficient (Wildman–Crippen LogP) is 12.2. The Labute approximate surface area is 215 Å². The fourth-order valence-corrected chi connectivity index (χ4v) is 7.75. The van der Waals surface area contributed by atoms with E-state index in [9.17, 15) is 0 Å². The van der Waals surface area contributed by atoms with Gasteiger partial charge in [-0.05, 0) is 46.2 Å². The SMILES string of the molecule is CCCCCCCCCCCCCCCCC(C)c1csc(-c2cccs2)c1-c1cccs1. The van der Waals surface area contributed by atoms with E-state index in [1.165, 1.54) is 117 Å². The molecule has 3 heterocycles. The van der Waals surface area contributed by atoms with Gasteiger partial charge in [0.25, 0.3) is 0 Å². The van der Waals surface area contributed by atoms with Crippen molar-refractivity contribution in [2.75, 3.05) is 0 Å². The predicted molar refractivity (Wildman–Crippen MR) is 154 cm³/mol. The van der Waals surface area contributed by atoms with E-state index in [1.807, 2.05) is 34.0 Å². The zero-order valence-corrected chi connectivity index (χ0v) is 23.4. The van der Waals surface area contributed by atoms with Crippen LogP contribution in [0.3, 0.4) is 0 Å². The first-order valence-corrected chi connectivity index (χ1v) is 16.1. The van der Waals surface area contributed by atoms with Crippen LogP contribution in [-0.2, 0) is 0 Å². The Kier molecular flexibility index (Phi) is 12.9. The second-order valence-corrected chi connectivity index (χ2v) is 12.4. The summed E-state index contributed by atoms with van der Waals surface area (Å²) in [5, 5.41) is 6.86. The Bertz CT molecular complexity index is 841. The van der Waals surface area contributed by atoms with Gasteiger partial charge in [0.2, 0.25) is 0 Å². The van der Waals surface area contributed by atoms with E-state index in [0.29, 0.717) is 5.92 Å². The van der Waals surface area contributed by atoms with Gasteiger partial charge in [0.05, 0.1) is 4.88 Å². The summed E-state index contributed by atoms with van der Waals surface area (Å²) in [6.45, 7) is 4.74. The first kappa shape index (κ1) is 26.7. The minimum absolute atomic E-state index is 0.643. The van der Waals surface area contributed by atoms with Crippen molar-refractivity contribution in [1.82, 2.24) is 0 Å². The van der Waals surface area contributed by atoms with Gasteiger partial charge in [-0.25, -0.2) is 0 Å². The van der Waals surface area contributed by atoms with E-state index in [4.69, 9.17) is 0 Å². The van der Waals surface area contributed by atoms with Crippen molar-refractivity contribution in [3.63, 3.8) is 0 Å². The van der Waals surface area contributed by atoms with Gasteiger partial charge >= 0.3 is 0 Å². The van der Waals surface area contributed by atoms with Crippen LogP contribution in [0.2, 0.25) is 0 Å². The second kappa shape index (κ2) is 15.9. The first-order chi connectivity index (χ1) is 16.3. The highest BCUT2D eigenvalue weighted by Gasteiger charge is 2.20. The minimum atomic E-state index is 0.643. The van der Waals surface area contributed by atoms with Crippen molar-refractivity contribution < 1.29 is 0 Å². The fraction of sp³-hybridized carbons (Fsp3) is 0.600. The van der Waals surface area contributed by atoms with E-state index < -0.39 is 0 Å². The molecule has 0 nitrogen and oxygen atoms in total. The molecule has 3 rings (SSSR count). The normalized spacial score (nSPS) is 12.4. The molecule has 0 aliphatic heterocycles. The molecule has 0 aliphatic rings. The molecule has 1 unspecified atom stereocenters. The number of unbranched alkanes of at least 4 members (excludes halogenated alkanes) is 13. The molecule has 0 aromatic carbocycles. The maximum Gasteiger partial charge on any atom is 0.0532 e. The molecule has 3 aromatic rings. The number of hydrogen-bond donors (Lipinski definition) is 0. The van der Waals surface area contributed by atoms with Gasteiger partial charge in [0.1, 0.15) is 0 Å². The van der Waals surface area contributed by atoms with E-state index in [-0.39, 0.29) is 0 Å². The molecule has 0 spiro atoms. The summed E-state index contributed by atoms with van der Waals surface area (Å²) in [6.07, 6.45) is 21.4. The third-order valence-corrected chi connectivity index (χ3v) is 9.79. The quantitative estimate of drug-likeness (QED) is 0.152. The smallest absolute Gasteiger partial charge is 0.0532 e. The van der Waals surface area contributed by atoms with Crippen molar-refractivity contribution in [2.45, 2.75) is 116 Å². The third kappa shape index (κ3) is 9.00. The Morgan fingerprint density at radius 2 is 1.15 bits per heavy atom. The molecule has 0 bridgehead atoms. The largest absolute Gasteiger partial charge is 0.144 e. The van der Waals surface area contributed by atoms with Crippen LogP contribution < -0.4 is 0 Å². The molecule has 182 valence electrons.